The Morgan fingerprint density at radius 3 is 2.45 bits per heavy atom. The predicted molar refractivity (Wildman–Crippen MR) is 48.3 cm³/mol. The Bertz CT molecular complexity index is 130. The molecule has 0 aromatic heterocycles. The van der Waals surface area contributed by atoms with Crippen molar-refractivity contribution in [2.24, 2.45) is 5.41 Å². The molecule has 2 nitrogen and oxygen atoms in total. The molecule has 0 rings (SSSR count). The summed E-state index contributed by atoms with van der Waals surface area (Å²) in [4.78, 5) is 0. The molecule has 0 bridgehead atoms. The van der Waals surface area contributed by atoms with Crippen LogP contribution in [0.25, 0.3) is 0 Å². The minimum absolute atomic E-state index is 0.176. The molecule has 66 valence electrons. The summed E-state index contributed by atoms with van der Waals surface area (Å²) in [6, 6.07) is 0. The lowest BCUT2D eigenvalue weighted by Gasteiger charge is -2.27. The Kier molecular flexibility index (Phi) is 4.38. The van der Waals surface area contributed by atoms with Gasteiger partial charge in [0.2, 0.25) is 0 Å². The number of nitrogens with one attached hydrogen (secondary N) is 1. The Morgan fingerprint density at radius 1 is 1.55 bits per heavy atom. The van der Waals surface area contributed by atoms with Gasteiger partial charge < -0.3 is 5.11 Å². The summed E-state index contributed by atoms with van der Waals surface area (Å²) in [5.74, 6) is 0. The van der Waals surface area contributed by atoms with Crippen molar-refractivity contribution in [1.82, 2.24) is 5.32 Å². The molecule has 0 amide bonds. The monoisotopic (exact) mass is 157 g/mol. The first-order valence-electron chi connectivity index (χ1n) is 4.10. The van der Waals surface area contributed by atoms with Gasteiger partial charge in [-0.1, -0.05) is 32.9 Å². The van der Waals surface area contributed by atoms with Crippen molar-refractivity contribution in [1.29, 1.82) is 0 Å². The largest absolute Gasteiger partial charge is 0.378 e. The van der Waals surface area contributed by atoms with Gasteiger partial charge >= 0.3 is 0 Å². The van der Waals surface area contributed by atoms with Crippen LogP contribution in [0.2, 0.25) is 0 Å². The molecule has 0 aliphatic heterocycles. The van der Waals surface area contributed by atoms with Crippen LogP contribution in [0.15, 0.2) is 12.2 Å². The van der Waals surface area contributed by atoms with Gasteiger partial charge in [0.1, 0.15) is 6.23 Å². The summed E-state index contributed by atoms with van der Waals surface area (Å²) in [7, 11) is 0. The molecule has 0 aromatic rings. The molecule has 0 aliphatic rings. The number of hydrogen-bond donors (Lipinski definition) is 2. The van der Waals surface area contributed by atoms with E-state index in [2.05, 4.69) is 5.32 Å². The van der Waals surface area contributed by atoms with Crippen LogP contribution in [0.4, 0.5) is 0 Å². The zero-order chi connectivity index (χ0) is 8.91. The highest BCUT2D eigenvalue weighted by atomic mass is 16.3. The van der Waals surface area contributed by atoms with Crippen molar-refractivity contribution in [3.63, 3.8) is 0 Å². The van der Waals surface area contributed by atoms with Crippen molar-refractivity contribution in [2.45, 2.75) is 33.9 Å². The van der Waals surface area contributed by atoms with Gasteiger partial charge in [-0.25, -0.2) is 0 Å². The van der Waals surface area contributed by atoms with Gasteiger partial charge in [0, 0.05) is 5.41 Å². The molecule has 0 aromatic carbocycles. The minimum Gasteiger partial charge on any atom is -0.378 e. The molecule has 0 saturated carbocycles. The number of hydrogen-bond acceptors (Lipinski definition) is 2. The van der Waals surface area contributed by atoms with Crippen molar-refractivity contribution in [2.75, 3.05) is 6.54 Å². The zero-order valence-electron chi connectivity index (χ0n) is 7.89. The molecule has 2 heteroatoms. The van der Waals surface area contributed by atoms with Gasteiger partial charge in [0.15, 0.2) is 0 Å². The Hall–Kier alpha value is -0.340. The quantitative estimate of drug-likeness (QED) is 0.479. The van der Waals surface area contributed by atoms with E-state index in [1.165, 1.54) is 0 Å². The number of rotatable bonds is 4. The maximum Gasteiger partial charge on any atom is 0.113 e. The molecule has 11 heavy (non-hydrogen) atoms. The van der Waals surface area contributed by atoms with E-state index in [0.29, 0.717) is 0 Å². The van der Waals surface area contributed by atoms with E-state index >= 15 is 0 Å². The zero-order valence-corrected chi connectivity index (χ0v) is 7.89. The first-order chi connectivity index (χ1) is 5.04. The van der Waals surface area contributed by atoms with Gasteiger partial charge in [-0.3, -0.25) is 5.32 Å². The van der Waals surface area contributed by atoms with Crippen LogP contribution in [-0.4, -0.2) is 17.9 Å². The summed E-state index contributed by atoms with van der Waals surface area (Å²) < 4.78 is 0. The summed E-state index contributed by atoms with van der Waals surface area (Å²) in [6.07, 6.45) is 3.50. The van der Waals surface area contributed by atoms with Gasteiger partial charge in [0.05, 0.1) is 0 Å². The van der Waals surface area contributed by atoms with Gasteiger partial charge in [-0.2, -0.15) is 0 Å². The highest BCUT2D eigenvalue weighted by molar-refractivity contribution is 4.96. The molecule has 2 N–H and O–H groups in total. The third kappa shape index (κ3) is 3.54. The highest BCUT2D eigenvalue weighted by Gasteiger charge is 2.22. The minimum atomic E-state index is -0.455. The Balaban J connectivity index is 4.05. The van der Waals surface area contributed by atoms with Crippen LogP contribution >= 0.6 is 0 Å². The van der Waals surface area contributed by atoms with E-state index in [9.17, 15) is 5.11 Å². The summed E-state index contributed by atoms with van der Waals surface area (Å²) in [5.41, 5.74) is -0.176. The molecule has 0 fully saturated rings. The van der Waals surface area contributed by atoms with E-state index in [4.69, 9.17) is 0 Å². The number of aliphatic hydroxyl groups excluding tert-OH is 1. The van der Waals surface area contributed by atoms with Crippen molar-refractivity contribution < 1.29 is 5.11 Å². The second-order valence-electron chi connectivity index (χ2n) is 3.28. The lowest BCUT2D eigenvalue weighted by Crippen LogP contribution is -2.40. The average molecular weight is 157 g/mol. The van der Waals surface area contributed by atoms with Crippen LogP contribution in [0.1, 0.15) is 27.7 Å². The van der Waals surface area contributed by atoms with E-state index in [0.717, 1.165) is 6.54 Å². The van der Waals surface area contributed by atoms with Crippen LogP contribution in [0.5, 0.6) is 0 Å². The molecule has 0 aliphatic carbocycles. The van der Waals surface area contributed by atoms with E-state index < -0.39 is 6.23 Å². The fraction of sp³-hybridized carbons (Fsp3) is 0.778. The third-order valence-corrected chi connectivity index (χ3v) is 1.70. The molecule has 0 spiro atoms. The van der Waals surface area contributed by atoms with E-state index in [1.807, 2.05) is 39.8 Å². The van der Waals surface area contributed by atoms with Gasteiger partial charge in [-0.05, 0) is 13.5 Å². The topological polar surface area (TPSA) is 32.3 Å². The fourth-order valence-electron chi connectivity index (χ4n) is 0.977. The molecular weight excluding hydrogens is 138 g/mol. The molecule has 0 radical (unpaired) electrons. The molecule has 1 atom stereocenters. The maximum absolute atomic E-state index is 9.55. The van der Waals surface area contributed by atoms with Gasteiger partial charge in [0.25, 0.3) is 0 Å². The molecule has 1 unspecified atom stereocenters. The predicted octanol–water partition coefficient (Wildman–Crippen LogP) is 1.52. The third-order valence-electron chi connectivity index (χ3n) is 1.70. The van der Waals surface area contributed by atoms with Crippen LogP contribution in [0.3, 0.4) is 0 Å². The van der Waals surface area contributed by atoms with E-state index in [-0.39, 0.29) is 5.41 Å². The summed E-state index contributed by atoms with van der Waals surface area (Å²) in [5, 5.41) is 12.5. The first kappa shape index (κ1) is 10.7. The van der Waals surface area contributed by atoms with Crippen molar-refractivity contribution in [3.8, 4) is 0 Å². The van der Waals surface area contributed by atoms with Gasteiger partial charge in [-0.15, -0.1) is 0 Å². The smallest absolute Gasteiger partial charge is 0.113 e. The number of aliphatic hydroxyl groups is 1. The van der Waals surface area contributed by atoms with Crippen LogP contribution < -0.4 is 5.32 Å². The summed E-state index contributed by atoms with van der Waals surface area (Å²) in [6.45, 7) is 8.73. The molecule has 0 saturated heterocycles. The summed E-state index contributed by atoms with van der Waals surface area (Å²) >= 11 is 0. The molecular formula is C9H19NO. The van der Waals surface area contributed by atoms with E-state index in [1.54, 1.807) is 0 Å². The van der Waals surface area contributed by atoms with Crippen LogP contribution in [0, 0.1) is 5.41 Å². The average Bonchev–Trinajstić information content (AvgIpc) is 1.88. The highest BCUT2D eigenvalue weighted by Crippen LogP contribution is 2.20. The standard InChI is InChI=1S/C9H19NO/c1-5-7-9(3,4)8(11)10-6-2/h5,7-8,10-11H,6H2,1-4H3. The number of allylic oxidation sites excluding steroid dienone is 1. The fourth-order valence-corrected chi connectivity index (χ4v) is 0.977. The Morgan fingerprint density at radius 2 is 2.09 bits per heavy atom. The second kappa shape index (κ2) is 4.52. The SMILES string of the molecule is CC=CC(C)(C)C(O)NCC. The molecule has 0 heterocycles. The Labute approximate surface area is 69.3 Å². The maximum atomic E-state index is 9.55. The normalized spacial score (nSPS) is 15.7. The lowest BCUT2D eigenvalue weighted by atomic mass is 9.90. The van der Waals surface area contributed by atoms with Crippen LogP contribution in [-0.2, 0) is 0 Å². The second-order valence-corrected chi connectivity index (χ2v) is 3.28. The van der Waals surface area contributed by atoms with Crippen molar-refractivity contribution in [3.05, 3.63) is 12.2 Å². The lowest BCUT2D eigenvalue weighted by molar-refractivity contribution is 0.0522. The van der Waals surface area contributed by atoms with Crippen molar-refractivity contribution >= 4 is 0 Å². The first-order valence-corrected chi connectivity index (χ1v) is 4.10.